The molecule has 1 aliphatic rings. The zero-order valence-electron chi connectivity index (χ0n) is 64.1. The maximum absolute atomic E-state index is 6.36. The van der Waals surface area contributed by atoms with E-state index in [0.717, 1.165) is 182 Å². The van der Waals surface area contributed by atoms with E-state index in [-0.39, 0.29) is 5.41 Å². The van der Waals surface area contributed by atoms with Crippen molar-refractivity contribution in [2.45, 2.75) is 19.3 Å². The molecule has 11 heteroatoms. The van der Waals surface area contributed by atoms with Crippen LogP contribution in [0.5, 0.6) is 0 Å². The first-order valence-electron chi connectivity index (χ1n) is 39.8. The van der Waals surface area contributed by atoms with Gasteiger partial charge < -0.3 is 8.83 Å². The number of furan rings is 2. The second kappa shape index (κ2) is 27.3. The largest absolute Gasteiger partial charge is 0.456 e. The molecule has 0 unspecified atom stereocenters. The number of nitrogens with zero attached hydrogens (tertiary/aromatic N) is 9. The summed E-state index contributed by atoms with van der Waals surface area (Å²) in [7, 11) is 0. The van der Waals surface area contributed by atoms with Gasteiger partial charge in [0.05, 0.1) is 33.5 Å². The molecular weight excluding hydrogens is 1440 g/mol. The van der Waals surface area contributed by atoms with E-state index in [0.29, 0.717) is 35.1 Å². The number of hydrogen-bond acceptors (Lipinski definition) is 10. The summed E-state index contributed by atoms with van der Waals surface area (Å²) in [5, 5.41) is 13.4. The molecule has 24 rings (SSSR count). The lowest BCUT2D eigenvalue weighted by Gasteiger charge is -2.21. The lowest BCUT2D eigenvalue weighted by molar-refractivity contribution is 0.660. The first-order chi connectivity index (χ1) is 58.2. The molecule has 0 saturated carbocycles. The fourth-order valence-electron chi connectivity index (χ4n) is 17.9. The van der Waals surface area contributed by atoms with E-state index < -0.39 is 0 Å². The van der Waals surface area contributed by atoms with Gasteiger partial charge in [0, 0.05) is 109 Å². The van der Waals surface area contributed by atoms with Crippen LogP contribution in [0.25, 0.3) is 228 Å². The topological polar surface area (TPSA) is 134 Å². The fraction of sp³-hybridized carbons (Fsp3) is 0.0280. The average molecular weight is 1510 g/mol. The van der Waals surface area contributed by atoms with Crippen molar-refractivity contribution < 1.29 is 8.83 Å². The molecule has 0 spiro atoms. The zero-order chi connectivity index (χ0) is 78.1. The smallest absolute Gasteiger partial charge is 0.238 e. The molecule has 118 heavy (non-hydrogen) atoms. The zero-order valence-corrected chi connectivity index (χ0v) is 64.1. The molecule has 7 heterocycles. The molecule has 0 N–H and O–H groups in total. The number of para-hydroxylation sites is 4. The fourth-order valence-corrected chi connectivity index (χ4v) is 17.9. The van der Waals surface area contributed by atoms with Crippen LogP contribution in [0.1, 0.15) is 25.0 Å². The van der Waals surface area contributed by atoms with Crippen LogP contribution in [-0.4, -0.2) is 44.4 Å². The highest BCUT2D eigenvalue weighted by Gasteiger charge is 2.36. The van der Waals surface area contributed by atoms with Gasteiger partial charge in [-0.15, -0.1) is 0 Å². The molecule has 552 valence electrons. The van der Waals surface area contributed by atoms with Crippen LogP contribution in [0.15, 0.2) is 379 Å². The summed E-state index contributed by atoms with van der Waals surface area (Å²) >= 11 is 0. The van der Waals surface area contributed by atoms with Gasteiger partial charge in [0.15, 0.2) is 29.1 Å². The van der Waals surface area contributed by atoms with Crippen molar-refractivity contribution >= 4 is 109 Å². The molecule has 0 fully saturated rings. The highest BCUT2D eigenvalue weighted by Crippen LogP contribution is 2.51. The van der Waals surface area contributed by atoms with Crippen molar-refractivity contribution in [1.82, 2.24) is 44.4 Å². The Labute approximate surface area is 677 Å². The minimum atomic E-state index is -0.0774. The Morgan fingerprint density at radius 3 is 1.04 bits per heavy atom. The average Bonchev–Trinajstić information content (AvgIpc) is 1.44. The van der Waals surface area contributed by atoms with Crippen LogP contribution in [0.4, 0.5) is 0 Å². The number of hydrogen-bond donors (Lipinski definition) is 0. The Hall–Kier alpha value is -15.7. The van der Waals surface area contributed by atoms with E-state index in [4.69, 9.17) is 48.7 Å². The standard InChI is InChI=1S/C55H36N4O.C52H31N5O/c1-55(2)44-19-11-9-17-39(44)43-31-38(26-29-45(43)55)54-58-52(35-15-7-4-8-16-35)57-53(59-54)36-23-21-33(22-24-36)37-25-27-40-46(32-37)56-51(34-13-5-3-6-14-34)42-28-30-48-50(49(40)42)41-18-10-12-20-47(41)60-48;1-3-13-33(14-4-1)49-41-29-30-46-48(40-19-9-12-22-45(40)58-46)47(41)39-28-27-36(31-42(39)53-49)32-23-25-35(26-24-32)51-54-50(34-15-5-2-6-16-34)55-52(56-51)57-43-20-10-7-17-37(43)38-18-8-11-21-44(38)57/h3-32H,1-2H3;1-31H. The minimum absolute atomic E-state index is 0.0774. The molecule has 0 bridgehead atoms. The Morgan fingerprint density at radius 1 is 0.220 bits per heavy atom. The number of benzene rings is 16. The van der Waals surface area contributed by atoms with Crippen molar-refractivity contribution in [3.05, 3.63) is 381 Å². The maximum Gasteiger partial charge on any atom is 0.238 e. The van der Waals surface area contributed by atoms with E-state index >= 15 is 0 Å². The Balaban J connectivity index is 0.000000138. The highest BCUT2D eigenvalue weighted by atomic mass is 16.3. The SMILES string of the molecule is CC1(C)c2ccccc2-c2cc(-c3nc(-c4ccccc4)nc(-c4ccc(-c5ccc6c(c5)nc(-c5ccccc5)c5ccc7oc8ccccc8c7c56)cc4)n3)ccc21.c1ccc(-c2nc(-c3ccc(-c4ccc5c(c4)nc(-c4ccccc4)c4ccc6oc7ccccc7c6c45)cc3)nc(-n3c4ccccc4c4ccccc43)n2)cc1. The molecule has 7 aromatic heterocycles. The molecule has 0 saturated heterocycles. The minimum Gasteiger partial charge on any atom is -0.456 e. The predicted octanol–water partition coefficient (Wildman–Crippen LogP) is 27.4. The first-order valence-corrected chi connectivity index (χ1v) is 39.8. The van der Waals surface area contributed by atoms with Gasteiger partial charge in [-0.2, -0.15) is 9.97 Å². The van der Waals surface area contributed by atoms with Crippen molar-refractivity contribution in [3.8, 4) is 119 Å². The molecule has 0 aliphatic heterocycles. The summed E-state index contributed by atoms with van der Waals surface area (Å²) in [6.45, 7) is 4.60. The van der Waals surface area contributed by atoms with Gasteiger partial charge in [-0.05, 0) is 111 Å². The predicted molar refractivity (Wildman–Crippen MR) is 481 cm³/mol. The molecule has 0 atom stereocenters. The van der Waals surface area contributed by atoms with Gasteiger partial charge in [0.1, 0.15) is 22.3 Å². The van der Waals surface area contributed by atoms with Crippen LogP contribution in [-0.2, 0) is 5.41 Å². The lowest BCUT2D eigenvalue weighted by atomic mass is 9.82. The van der Waals surface area contributed by atoms with E-state index in [1.807, 2.05) is 97.1 Å². The Morgan fingerprint density at radius 2 is 0.568 bits per heavy atom. The molecule has 16 aromatic carbocycles. The summed E-state index contributed by atoms with van der Waals surface area (Å²) in [6.07, 6.45) is 0. The van der Waals surface area contributed by atoms with Crippen molar-refractivity contribution in [1.29, 1.82) is 0 Å². The molecule has 0 amide bonds. The molecule has 11 nitrogen and oxygen atoms in total. The van der Waals surface area contributed by atoms with Gasteiger partial charge in [-0.1, -0.05) is 317 Å². The van der Waals surface area contributed by atoms with E-state index in [9.17, 15) is 0 Å². The number of pyridine rings is 2. The van der Waals surface area contributed by atoms with E-state index in [1.165, 1.54) is 22.3 Å². The number of aromatic nitrogens is 9. The lowest BCUT2D eigenvalue weighted by Crippen LogP contribution is -2.14. The summed E-state index contributed by atoms with van der Waals surface area (Å²) in [6, 6.07) is 129. The van der Waals surface area contributed by atoms with Crippen LogP contribution < -0.4 is 0 Å². The summed E-state index contributed by atoms with van der Waals surface area (Å²) in [4.78, 5) is 41.2. The molecule has 23 aromatic rings. The monoisotopic (exact) mass is 1510 g/mol. The first kappa shape index (κ1) is 67.9. The normalized spacial score (nSPS) is 12.4. The van der Waals surface area contributed by atoms with Crippen molar-refractivity contribution in [3.63, 3.8) is 0 Å². The maximum atomic E-state index is 6.36. The van der Waals surface area contributed by atoms with Gasteiger partial charge in [-0.25, -0.2) is 29.9 Å². The van der Waals surface area contributed by atoms with Gasteiger partial charge in [-0.3, -0.25) is 4.57 Å². The Bertz CT molecular complexity index is 7950. The summed E-state index contributed by atoms with van der Waals surface area (Å²) in [5.74, 6) is 3.71. The van der Waals surface area contributed by atoms with Crippen LogP contribution in [0.3, 0.4) is 0 Å². The molecule has 0 radical (unpaired) electrons. The quantitative estimate of drug-likeness (QED) is 0.122. The highest BCUT2D eigenvalue weighted by molar-refractivity contribution is 6.30. The summed E-state index contributed by atoms with van der Waals surface area (Å²) < 4.78 is 14.9. The van der Waals surface area contributed by atoms with Gasteiger partial charge in [0.2, 0.25) is 5.95 Å². The third-order valence-corrected chi connectivity index (χ3v) is 23.6. The van der Waals surface area contributed by atoms with E-state index in [1.54, 1.807) is 0 Å². The van der Waals surface area contributed by atoms with Gasteiger partial charge >= 0.3 is 0 Å². The molecule has 1 aliphatic carbocycles. The van der Waals surface area contributed by atoms with Crippen LogP contribution >= 0.6 is 0 Å². The second-order valence-electron chi connectivity index (χ2n) is 30.8. The molecular formula is C107H67N9O2. The third-order valence-electron chi connectivity index (χ3n) is 23.6. The van der Waals surface area contributed by atoms with E-state index in [2.05, 4.69) is 291 Å². The van der Waals surface area contributed by atoms with Gasteiger partial charge in [0.25, 0.3) is 0 Å². The second-order valence-corrected chi connectivity index (χ2v) is 30.8. The third kappa shape index (κ3) is 11.3. The van der Waals surface area contributed by atoms with Crippen LogP contribution in [0.2, 0.25) is 0 Å². The van der Waals surface area contributed by atoms with Crippen molar-refractivity contribution in [2.24, 2.45) is 0 Å². The van der Waals surface area contributed by atoms with Crippen LogP contribution in [0, 0.1) is 0 Å². The number of rotatable bonds is 10. The number of fused-ring (bicyclic) bond motifs is 20. The van der Waals surface area contributed by atoms with Crippen molar-refractivity contribution in [2.75, 3.05) is 0 Å². The Kier molecular flexibility index (Phi) is 15.7. The summed E-state index contributed by atoms with van der Waals surface area (Å²) in [5.41, 5.74) is 25.5.